The van der Waals surface area contributed by atoms with Crippen molar-refractivity contribution in [1.82, 2.24) is 10.2 Å². The van der Waals surface area contributed by atoms with Crippen LogP contribution in [0.5, 0.6) is 0 Å². The van der Waals surface area contributed by atoms with E-state index >= 15 is 0 Å². The number of alkyl carbamates (subject to hydrolysis) is 1. The van der Waals surface area contributed by atoms with E-state index in [1.165, 1.54) is 4.90 Å². The number of rotatable bonds is 8. The number of fused-ring (bicyclic) bond motifs is 3. The molecule has 2 aromatic carbocycles. The summed E-state index contributed by atoms with van der Waals surface area (Å²) in [5.74, 6) is -1.44. The van der Waals surface area contributed by atoms with E-state index in [2.05, 4.69) is 17.4 Å². The van der Waals surface area contributed by atoms with Crippen LogP contribution in [-0.2, 0) is 14.3 Å². The summed E-state index contributed by atoms with van der Waals surface area (Å²) >= 11 is 0. The van der Waals surface area contributed by atoms with Gasteiger partial charge in [0.25, 0.3) is 0 Å². The Morgan fingerprint density at radius 2 is 1.55 bits per heavy atom. The molecule has 2 amide bonds. The van der Waals surface area contributed by atoms with Gasteiger partial charge in [0.15, 0.2) is 0 Å². The number of benzene rings is 2. The van der Waals surface area contributed by atoms with E-state index in [9.17, 15) is 14.4 Å². The molecule has 0 bridgehead atoms. The van der Waals surface area contributed by atoms with Gasteiger partial charge in [-0.15, -0.1) is 0 Å². The Kier molecular flexibility index (Phi) is 6.95. The molecule has 0 spiro atoms. The first-order valence-corrected chi connectivity index (χ1v) is 10.4. The summed E-state index contributed by atoms with van der Waals surface area (Å²) < 4.78 is 5.50. The molecule has 31 heavy (non-hydrogen) atoms. The van der Waals surface area contributed by atoms with Crippen LogP contribution < -0.4 is 5.32 Å². The Bertz CT molecular complexity index is 926. The molecule has 1 aliphatic carbocycles. The fourth-order valence-corrected chi connectivity index (χ4v) is 3.98. The van der Waals surface area contributed by atoms with Gasteiger partial charge in [-0.1, -0.05) is 48.5 Å². The topological polar surface area (TPSA) is 95.9 Å². The minimum absolute atomic E-state index is 0.00431. The number of hydrogen-bond acceptors (Lipinski definition) is 4. The Morgan fingerprint density at radius 3 is 2.06 bits per heavy atom. The smallest absolute Gasteiger partial charge is 0.407 e. The van der Waals surface area contributed by atoms with Crippen LogP contribution in [0.3, 0.4) is 0 Å². The molecule has 0 aliphatic heterocycles. The van der Waals surface area contributed by atoms with Gasteiger partial charge in [0.05, 0.1) is 0 Å². The van der Waals surface area contributed by atoms with Crippen LogP contribution >= 0.6 is 0 Å². The zero-order valence-corrected chi connectivity index (χ0v) is 18.0. The maximum absolute atomic E-state index is 12.4. The predicted octanol–water partition coefficient (Wildman–Crippen LogP) is 3.63. The van der Waals surface area contributed by atoms with E-state index in [0.717, 1.165) is 22.3 Å². The van der Waals surface area contributed by atoms with Gasteiger partial charge in [-0.05, 0) is 43.0 Å². The predicted molar refractivity (Wildman–Crippen MR) is 117 cm³/mol. The van der Waals surface area contributed by atoms with Crippen LogP contribution in [0.15, 0.2) is 48.5 Å². The molecule has 164 valence electrons. The van der Waals surface area contributed by atoms with Gasteiger partial charge in [0, 0.05) is 24.4 Å². The SMILES string of the molecule is CC(CC(=O)N(CC(=O)O)C(C)C)NC(=O)OCC1c2ccccc2-c2ccccc21. The first kappa shape index (κ1) is 22.3. The zero-order valence-electron chi connectivity index (χ0n) is 18.0. The molecule has 0 aromatic heterocycles. The normalized spacial score (nSPS) is 13.3. The van der Waals surface area contributed by atoms with Gasteiger partial charge in [-0.3, -0.25) is 9.59 Å². The molecule has 3 rings (SSSR count). The highest BCUT2D eigenvalue weighted by molar-refractivity contribution is 5.82. The van der Waals surface area contributed by atoms with E-state index in [1.807, 2.05) is 36.4 Å². The average molecular weight is 424 g/mol. The summed E-state index contributed by atoms with van der Waals surface area (Å²) in [4.78, 5) is 37.0. The Morgan fingerprint density at radius 1 is 1.00 bits per heavy atom. The molecule has 7 nitrogen and oxygen atoms in total. The minimum atomic E-state index is -1.07. The van der Waals surface area contributed by atoms with Crippen molar-refractivity contribution >= 4 is 18.0 Å². The molecule has 0 saturated carbocycles. The van der Waals surface area contributed by atoms with E-state index in [-0.39, 0.29) is 37.4 Å². The van der Waals surface area contributed by atoms with E-state index < -0.39 is 18.1 Å². The largest absolute Gasteiger partial charge is 0.480 e. The minimum Gasteiger partial charge on any atom is -0.480 e. The first-order chi connectivity index (χ1) is 14.8. The average Bonchev–Trinajstić information content (AvgIpc) is 3.04. The van der Waals surface area contributed by atoms with Gasteiger partial charge >= 0.3 is 12.1 Å². The maximum atomic E-state index is 12.4. The third kappa shape index (κ3) is 5.23. The lowest BCUT2D eigenvalue weighted by molar-refractivity contribution is -0.146. The van der Waals surface area contributed by atoms with Crippen LogP contribution in [-0.4, -0.2) is 53.2 Å². The van der Waals surface area contributed by atoms with Crippen molar-refractivity contribution in [2.24, 2.45) is 0 Å². The summed E-state index contributed by atoms with van der Waals surface area (Å²) in [6.07, 6.45) is -0.605. The fourth-order valence-electron chi connectivity index (χ4n) is 3.98. The molecule has 1 aliphatic rings. The summed E-state index contributed by atoms with van der Waals surface area (Å²) in [7, 11) is 0. The molecule has 2 N–H and O–H groups in total. The second kappa shape index (κ2) is 9.64. The highest BCUT2D eigenvalue weighted by Crippen LogP contribution is 2.44. The second-order valence-electron chi connectivity index (χ2n) is 8.08. The summed E-state index contributed by atoms with van der Waals surface area (Å²) in [6.45, 7) is 5.03. The van der Waals surface area contributed by atoms with Crippen molar-refractivity contribution in [3.8, 4) is 11.1 Å². The molecule has 0 saturated heterocycles. The van der Waals surface area contributed by atoms with Gasteiger partial charge in [0.1, 0.15) is 13.2 Å². The highest BCUT2D eigenvalue weighted by Gasteiger charge is 2.29. The third-order valence-corrected chi connectivity index (χ3v) is 5.44. The molecular formula is C24H28N2O5. The summed E-state index contributed by atoms with van der Waals surface area (Å²) in [5.41, 5.74) is 4.55. The van der Waals surface area contributed by atoms with Crippen molar-refractivity contribution in [3.05, 3.63) is 59.7 Å². The number of carbonyl (C=O) groups excluding carboxylic acids is 2. The lowest BCUT2D eigenvalue weighted by atomic mass is 9.98. The van der Waals surface area contributed by atoms with E-state index in [4.69, 9.17) is 9.84 Å². The second-order valence-corrected chi connectivity index (χ2v) is 8.08. The Hall–Kier alpha value is -3.35. The first-order valence-electron chi connectivity index (χ1n) is 10.4. The van der Waals surface area contributed by atoms with Crippen molar-refractivity contribution in [1.29, 1.82) is 0 Å². The van der Waals surface area contributed by atoms with Crippen LogP contribution in [0.25, 0.3) is 11.1 Å². The number of nitrogens with one attached hydrogen (secondary N) is 1. The van der Waals surface area contributed by atoms with Crippen LogP contribution in [0.2, 0.25) is 0 Å². The maximum Gasteiger partial charge on any atom is 0.407 e. The molecule has 0 fully saturated rings. The number of ether oxygens (including phenoxy) is 1. The molecule has 2 aromatic rings. The molecule has 7 heteroatoms. The van der Waals surface area contributed by atoms with E-state index in [0.29, 0.717) is 0 Å². The number of hydrogen-bond donors (Lipinski definition) is 2. The van der Waals surface area contributed by atoms with Gasteiger partial charge < -0.3 is 20.1 Å². The number of nitrogens with zero attached hydrogens (tertiary/aromatic N) is 1. The summed E-state index contributed by atoms with van der Waals surface area (Å²) in [5, 5.41) is 11.7. The highest BCUT2D eigenvalue weighted by atomic mass is 16.5. The van der Waals surface area contributed by atoms with Gasteiger partial charge in [0.2, 0.25) is 5.91 Å². The Labute approximate surface area is 182 Å². The van der Waals surface area contributed by atoms with Crippen LogP contribution in [0, 0.1) is 0 Å². The number of carboxylic acids is 1. The molecule has 1 atom stereocenters. The zero-order chi connectivity index (χ0) is 22.5. The number of carboxylic acid groups (broad SMARTS) is 1. The number of aliphatic carboxylic acids is 1. The lowest BCUT2D eigenvalue weighted by Gasteiger charge is -2.26. The van der Waals surface area contributed by atoms with E-state index in [1.54, 1.807) is 20.8 Å². The fraction of sp³-hybridized carbons (Fsp3) is 0.375. The van der Waals surface area contributed by atoms with Crippen LogP contribution in [0.4, 0.5) is 4.79 Å². The molecule has 0 radical (unpaired) electrons. The summed E-state index contributed by atoms with van der Waals surface area (Å²) in [6, 6.07) is 15.4. The van der Waals surface area contributed by atoms with Gasteiger partial charge in [-0.2, -0.15) is 0 Å². The molecule has 1 unspecified atom stereocenters. The molecular weight excluding hydrogens is 396 g/mol. The third-order valence-electron chi connectivity index (χ3n) is 5.44. The van der Waals surface area contributed by atoms with Crippen molar-refractivity contribution in [2.45, 2.75) is 45.2 Å². The van der Waals surface area contributed by atoms with Crippen LogP contribution in [0.1, 0.15) is 44.2 Å². The van der Waals surface area contributed by atoms with Gasteiger partial charge in [-0.25, -0.2) is 4.79 Å². The molecule has 0 heterocycles. The standard InChI is InChI=1S/C24H28N2O5/c1-15(2)26(13-23(28)29)22(27)12-16(3)25-24(30)31-14-21-19-10-6-4-8-17(19)18-9-5-7-11-20(18)21/h4-11,15-16,21H,12-14H2,1-3H3,(H,25,30)(H,28,29). The van der Waals surface area contributed by atoms with Crippen molar-refractivity contribution in [3.63, 3.8) is 0 Å². The quantitative estimate of drug-likeness (QED) is 0.675. The van der Waals surface area contributed by atoms with Crippen molar-refractivity contribution in [2.75, 3.05) is 13.2 Å². The number of carbonyl (C=O) groups is 3. The number of amides is 2. The Balaban J connectivity index is 1.57. The lowest BCUT2D eigenvalue weighted by Crippen LogP contribution is -2.44. The monoisotopic (exact) mass is 424 g/mol. The van der Waals surface area contributed by atoms with Crippen molar-refractivity contribution < 1.29 is 24.2 Å².